The standard InChI is InChI=1S/C18H23NO6/c1-3-11-8-18(10-20)17(2,25-18)16(22)23-9-12-4-6-19-7-5-13(14(12)19)24-15(11)21/h3-4,13-14,20H,5-10H2,1-2H3/b11-3-/t13-,14-,17+,18+/m1/s1. The normalized spacial score (nSPS) is 42.7. The highest BCUT2D eigenvalue weighted by atomic mass is 16.7. The molecule has 7 nitrogen and oxygen atoms in total. The van der Waals surface area contributed by atoms with Crippen molar-refractivity contribution in [1.29, 1.82) is 0 Å². The van der Waals surface area contributed by atoms with E-state index in [4.69, 9.17) is 14.2 Å². The molecular weight excluding hydrogens is 326 g/mol. The highest BCUT2D eigenvalue weighted by Gasteiger charge is 2.73. The van der Waals surface area contributed by atoms with Gasteiger partial charge in [-0.1, -0.05) is 12.2 Å². The largest absolute Gasteiger partial charge is 0.459 e. The molecule has 1 N–H and O–H groups in total. The minimum atomic E-state index is -1.25. The second-order valence-corrected chi connectivity index (χ2v) is 7.31. The van der Waals surface area contributed by atoms with E-state index in [1.807, 2.05) is 6.08 Å². The van der Waals surface area contributed by atoms with Crippen LogP contribution >= 0.6 is 0 Å². The average molecular weight is 349 g/mol. The zero-order valence-corrected chi connectivity index (χ0v) is 14.5. The van der Waals surface area contributed by atoms with Crippen molar-refractivity contribution in [3.05, 3.63) is 23.3 Å². The molecule has 4 rings (SSSR count). The first kappa shape index (κ1) is 16.8. The summed E-state index contributed by atoms with van der Waals surface area (Å²) in [5.74, 6) is -0.903. The van der Waals surface area contributed by atoms with Crippen LogP contribution in [0.3, 0.4) is 0 Å². The molecule has 0 aromatic rings. The van der Waals surface area contributed by atoms with Crippen molar-refractivity contribution in [1.82, 2.24) is 4.90 Å². The van der Waals surface area contributed by atoms with Crippen LogP contribution in [0.1, 0.15) is 26.7 Å². The number of aliphatic hydroxyl groups excluding tert-OH is 1. The summed E-state index contributed by atoms with van der Waals surface area (Å²) >= 11 is 0. The van der Waals surface area contributed by atoms with Crippen LogP contribution < -0.4 is 0 Å². The second kappa shape index (κ2) is 5.65. The van der Waals surface area contributed by atoms with Gasteiger partial charge in [0.1, 0.15) is 18.3 Å². The molecule has 4 heterocycles. The van der Waals surface area contributed by atoms with Crippen LogP contribution in [0, 0.1) is 0 Å². The summed E-state index contributed by atoms with van der Waals surface area (Å²) in [5, 5.41) is 9.80. The number of carbonyl (C=O) groups is 2. The van der Waals surface area contributed by atoms with Crippen LogP contribution in [0.2, 0.25) is 0 Å². The van der Waals surface area contributed by atoms with Gasteiger partial charge in [-0.15, -0.1) is 0 Å². The third-order valence-corrected chi connectivity index (χ3v) is 6.00. The number of hydrogen-bond acceptors (Lipinski definition) is 7. The summed E-state index contributed by atoms with van der Waals surface area (Å²) < 4.78 is 16.9. The number of aliphatic hydroxyl groups is 1. The van der Waals surface area contributed by atoms with Gasteiger partial charge in [0, 0.05) is 25.1 Å². The molecule has 0 aliphatic carbocycles. The van der Waals surface area contributed by atoms with Gasteiger partial charge >= 0.3 is 11.9 Å². The fourth-order valence-electron chi connectivity index (χ4n) is 4.26. The van der Waals surface area contributed by atoms with E-state index in [0.29, 0.717) is 5.57 Å². The second-order valence-electron chi connectivity index (χ2n) is 7.31. The quantitative estimate of drug-likeness (QED) is 0.316. The maximum absolute atomic E-state index is 12.7. The minimum absolute atomic E-state index is 0.0233. The fraction of sp³-hybridized carbons (Fsp3) is 0.667. The Bertz CT molecular complexity index is 685. The molecule has 3 fully saturated rings. The SMILES string of the molecule is C/C=C1/C[C@@]2(CO)O[C@@]2(C)C(=O)OCC2=CCN3CC[C@@H](OC1=O)[C@@H]23. The minimum Gasteiger partial charge on any atom is -0.459 e. The molecule has 4 aliphatic heterocycles. The molecule has 7 heteroatoms. The Balaban J connectivity index is 1.67. The van der Waals surface area contributed by atoms with E-state index in [9.17, 15) is 14.7 Å². The molecule has 0 amide bonds. The first-order valence-corrected chi connectivity index (χ1v) is 8.71. The summed E-state index contributed by atoms with van der Waals surface area (Å²) in [6.45, 7) is 4.76. The van der Waals surface area contributed by atoms with Gasteiger partial charge < -0.3 is 19.3 Å². The zero-order valence-electron chi connectivity index (χ0n) is 14.5. The fourth-order valence-corrected chi connectivity index (χ4v) is 4.26. The number of fused-ring (bicyclic) bond motifs is 1. The van der Waals surface area contributed by atoms with Crippen molar-refractivity contribution < 1.29 is 28.9 Å². The maximum Gasteiger partial charge on any atom is 0.341 e. The van der Waals surface area contributed by atoms with Crippen molar-refractivity contribution in [3.8, 4) is 0 Å². The Morgan fingerprint density at radius 2 is 2.24 bits per heavy atom. The Hall–Kier alpha value is -1.70. The molecule has 0 aromatic carbocycles. The molecule has 0 bridgehead atoms. The number of esters is 2. The Kier molecular flexibility index (Phi) is 3.79. The van der Waals surface area contributed by atoms with Gasteiger partial charge in [0.2, 0.25) is 0 Å². The lowest BCUT2D eigenvalue weighted by Gasteiger charge is -2.26. The van der Waals surface area contributed by atoms with Gasteiger partial charge in [-0.25, -0.2) is 9.59 Å². The number of ether oxygens (including phenoxy) is 3. The molecule has 0 saturated carbocycles. The van der Waals surface area contributed by atoms with E-state index >= 15 is 0 Å². The van der Waals surface area contributed by atoms with Crippen LogP contribution in [0.15, 0.2) is 23.3 Å². The Labute approximate surface area is 146 Å². The summed E-state index contributed by atoms with van der Waals surface area (Å²) in [6, 6.07) is -0.0233. The number of rotatable bonds is 1. The van der Waals surface area contributed by atoms with Crippen molar-refractivity contribution in [2.24, 2.45) is 0 Å². The predicted molar refractivity (Wildman–Crippen MR) is 86.6 cm³/mol. The molecule has 136 valence electrons. The zero-order chi connectivity index (χ0) is 17.8. The number of epoxide rings is 1. The molecule has 0 radical (unpaired) electrons. The lowest BCUT2D eigenvalue weighted by Crippen LogP contribution is -2.40. The van der Waals surface area contributed by atoms with Crippen molar-refractivity contribution in [2.45, 2.75) is 50.0 Å². The van der Waals surface area contributed by atoms with Gasteiger partial charge in [-0.05, 0) is 25.8 Å². The number of hydrogen-bond donors (Lipinski definition) is 1. The summed E-state index contributed by atoms with van der Waals surface area (Å²) in [7, 11) is 0. The Morgan fingerprint density at radius 3 is 2.96 bits per heavy atom. The number of nitrogens with zero attached hydrogens (tertiary/aromatic N) is 1. The molecule has 4 aliphatic rings. The molecular formula is C18H23NO6. The van der Waals surface area contributed by atoms with Gasteiger partial charge in [0.05, 0.1) is 12.6 Å². The van der Waals surface area contributed by atoms with Crippen LogP contribution in [0.25, 0.3) is 0 Å². The van der Waals surface area contributed by atoms with E-state index in [-0.39, 0.29) is 31.8 Å². The third kappa shape index (κ3) is 2.37. The van der Waals surface area contributed by atoms with E-state index < -0.39 is 23.1 Å². The Morgan fingerprint density at radius 1 is 1.44 bits per heavy atom. The maximum atomic E-state index is 12.7. The van der Waals surface area contributed by atoms with Crippen molar-refractivity contribution in [2.75, 3.05) is 26.3 Å². The molecule has 0 aromatic heterocycles. The van der Waals surface area contributed by atoms with Gasteiger partial charge in [-0.3, -0.25) is 4.90 Å². The first-order chi connectivity index (χ1) is 11.9. The third-order valence-electron chi connectivity index (χ3n) is 6.00. The highest BCUT2D eigenvalue weighted by molar-refractivity contribution is 5.90. The lowest BCUT2D eigenvalue weighted by molar-refractivity contribution is -0.150. The van der Waals surface area contributed by atoms with Gasteiger partial charge in [-0.2, -0.15) is 0 Å². The number of carbonyl (C=O) groups excluding carboxylic acids is 2. The molecule has 0 unspecified atom stereocenters. The smallest absolute Gasteiger partial charge is 0.341 e. The molecule has 25 heavy (non-hydrogen) atoms. The predicted octanol–water partition coefficient (Wildman–Crippen LogP) is 0.326. The number of allylic oxidation sites excluding steroid dienone is 1. The summed E-state index contributed by atoms with van der Waals surface area (Å²) in [6.07, 6.45) is 4.34. The summed E-state index contributed by atoms with van der Waals surface area (Å²) in [5.41, 5.74) is -1.00. The number of cyclic esters (lactones) is 1. The van der Waals surface area contributed by atoms with Gasteiger partial charge in [0.15, 0.2) is 5.60 Å². The van der Waals surface area contributed by atoms with E-state index in [2.05, 4.69) is 4.90 Å². The van der Waals surface area contributed by atoms with Crippen LogP contribution in [0.4, 0.5) is 0 Å². The first-order valence-electron chi connectivity index (χ1n) is 8.71. The van der Waals surface area contributed by atoms with Crippen molar-refractivity contribution >= 4 is 11.9 Å². The van der Waals surface area contributed by atoms with E-state index in [1.165, 1.54) is 0 Å². The van der Waals surface area contributed by atoms with Gasteiger partial charge in [0.25, 0.3) is 0 Å². The van der Waals surface area contributed by atoms with E-state index in [0.717, 1.165) is 25.1 Å². The monoisotopic (exact) mass is 349 g/mol. The average Bonchev–Trinajstić information content (AvgIpc) is 2.90. The molecule has 4 atom stereocenters. The highest BCUT2D eigenvalue weighted by Crippen LogP contribution is 2.52. The van der Waals surface area contributed by atoms with Crippen molar-refractivity contribution in [3.63, 3.8) is 0 Å². The molecule has 3 saturated heterocycles. The van der Waals surface area contributed by atoms with Crippen LogP contribution in [-0.2, 0) is 23.8 Å². The van der Waals surface area contributed by atoms with Crippen LogP contribution in [0.5, 0.6) is 0 Å². The topological polar surface area (TPSA) is 88.6 Å². The summed E-state index contributed by atoms with van der Waals surface area (Å²) in [4.78, 5) is 27.5. The molecule has 0 spiro atoms. The van der Waals surface area contributed by atoms with E-state index in [1.54, 1.807) is 19.9 Å². The lowest BCUT2D eigenvalue weighted by atomic mass is 9.88. The van der Waals surface area contributed by atoms with Crippen LogP contribution in [-0.4, -0.2) is 71.6 Å².